The first kappa shape index (κ1) is 21.5. The van der Waals surface area contributed by atoms with Crippen molar-refractivity contribution in [2.24, 2.45) is 11.8 Å². The summed E-state index contributed by atoms with van der Waals surface area (Å²) in [6, 6.07) is 12.9. The highest BCUT2D eigenvalue weighted by atomic mass is 16.5. The molecular weight excluding hydrogens is 394 g/mol. The third-order valence-corrected chi connectivity index (χ3v) is 5.37. The lowest BCUT2D eigenvalue weighted by Crippen LogP contribution is -2.34. The van der Waals surface area contributed by atoms with Crippen LogP contribution in [0.5, 0.6) is 0 Å². The molecule has 4 rings (SSSR count). The Morgan fingerprint density at radius 3 is 2.23 bits per heavy atom. The number of nitrogens with zero attached hydrogens (tertiary/aromatic N) is 2. The monoisotopic (exact) mass is 423 g/mol. The van der Waals surface area contributed by atoms with E-state index < -0.39 is 0 Å². The van der Waals surface area contributed by atoms with Gasteiger partial charge in [0.25, 0.3) is 5.91 Å². The highest BCUT2D eigenvalue weighted by Crippen LogP contribution is 2.29. The fourth-order valence-electron chi connectivity index (χ4n) is 3.18. The quantitative estimate of drug-likeness (QED) is 0.566. The van der Waals surface area contributed by atoms with Crippen LogP contribution in [0.2, 0.25) is 0 Å². The fraction of sp³-hybridized carbons (Fsp3) is 0.458. The van der Waals surface area contributed by atoms with Gasteiger partial charge in [-0.3, -0.25) is 14.6 Å². The number of amides is 2. The van der Waals surface area contributed by atoms with Crippen molar-refractivity contribution in [3.8, 4) is 0 Å². The molecule has 0 radical (unpaired) electrons. The smallest absolute Gasteiger partial charge is 0.253 e. The molecule has 2 fully saturated rings. The molecule has 2 aromatic rings. The minimum absolute atomic E-state index is 0.0418. The lowest BCUT2D eigenvalue weighted by atomic mass is 10.2. The van der Waals surface area contributed by atoms with E-state index in [4.69, 9.17) is 9.47 Å². The van der Waals surface area contributed by atoms with E-state index in [0.29, 0.717) is 37.3 Å². The predicted molar refractivity (Wildman–Crippen MR) is 118 cm³/mol. The van der Waals surface area contributed by atoms with Gasteiger partial charge < -0.3 is 19.7 Å². The van der Waals surface area contributed by atoms with E-state index >= 15 is 0 Å². The average molecular weight is 424 g/mol. The maximum Gasteiger partial charge on any atom is 0.253 e. The molecular formula is C24H29N3O4. The van der Waals surface area contributed by atoms with Crippen molar-refractivity contribution >= 4 is 23.2 Å². The normalized spacial score (nSPS) is 15.5. The number of carbonyl (C=O) groups is 2. The first-order valence-electron chi connectivity index (χ1n) is 10.9. The van der Waals surface area contributed by atoms with E-state index in [1.54, 1.807) is 23.2 Å². The number of nitrogens with one attached hydrogen (secondary N) is 1. The first-order valence-corrected chi connectivity index (χ1v) is 10.9. The van der Waals surface area contributed by atoms with Gasteiger partial charge in [0.15, 0.2) is 0 Å². The molecule has 2 amide bonds. The number of ether oxygens (including phenoxy) is 2. The van der Waals surface area contributed by atoms with Crippen molar-refractivity contribution in [3.63, 3.8) is 0 Å². The van der Waals surface area contributed by atoms with Gasteiger partial charge in [-0.15, -0.1) is 0 Å². The molecule has 0 aliphatic heterocycles. The van der Waals surface area contributed by atoms with E-state index in [1.165, 1.54) is 25.7 Å². The molecule has 0 bridgehead atoms. The minimum Gasteiger partial charge on any atom is -0.371 e. The van der Waals surface area contributed by atoms with E-state index in [-0.39, 0.29) is 25.0 Å². The van der Waals surface area contributed by atoms with Crippen LogP contribution >= 0.6 is 0 Å². The van der Waals surface area contributed by atoms with Crippen LogP contribution < -0.4 is 10.2 Å². The highest BCUT2D eigenvalue weighted by Gasteiger charge is 2.23. The minimum atomic E-state index is -0.178. The van der Waals surface area contributed by atoms with Crippen LogP contribution in [0.15, 0.2) is 48.7 Å². The summed E-state index contributed by atoms with van der Waals surface area (Å²) in [5.41, 5.74) is 2.19. The molecule has 2 saturated carbocycles. The van der Waals surface area contributed by atoms with Crippen LogP contribution in [0.4, 0.5) is 11.4 Å². The molecule has 1 aromatic heterocycles. The van der Waals surface area contributed by atoms with Crippen molar-refractivity contribution in [2.45, 2.75) is 32.2 Å². The number of hydrogen-bond acceptors (Lipinski definition) is 5. The maximum atomic E-state index is 12.9. The third kappa shape index (κ3) is 7.15. The topological polar surface area (TPSA) is 80.8 Å². The van der Waals surface area contributed by atoms with Crippen molar-refractivity contribution in [2.75, 3.05) is 36.6 Å². The lowest BCUT2D eigenvalue weighted by molar-refractivity contribution is -0.123. The fourth-order valence-corrected chi connectivity index (χ4v) is 3.18. The van der Waals surface area contributed by atoms with Gasteiger partial charge in [0.05, 0.1) is 25.5 Å². The summed E-state index contributed by atoms with van der Waals surface area (Å²) in [6.45, 7) is 1.74. The number of aromatic nitrogens is 1. The molecule has 0 spiro atoms. The predicted octanol–water partition coefficient (Wildman–Crippen LogP) is 3.41. The molecule has 164 valence electrons. The van der Waals surface area contributed by atoms with Gasteiger partial charge in [-0.1, -0.05) is 6.07 Å². The number of carbonyl (C=O) groups excluding carboxylic acids is 2. The Bertz CT molecular complexity index is 864. The number of benzene rings is 1. The molecule has 0 atom stereocenters. The van der Waals surface area contributed by atoms with Gasteiger partial charge in [0.2, 0.25) is 5.91 Å². The summed E-state index contributed by atoms with van der Waals surface area (Å²) in [6.07, 6.45) is 6.48. The molecule has 1 N–H and O–H groups in total. The molecule has 7 heteroatoms. The molecule has 2 aliphatic carbocycles. The Labute approximate surface area is 182 Å². The number of rotatable bonds is 12. The molecule has 1 aromatic carbocycles. The Morgan fingerprint density at radius 1 is 0.935 bits per heavy atom. The molecule has 1 heterocycles. The van der Waals surface area contributed by atoms with E-state index in [2.05, 4.69) is 10.3 Å². The third-order valence-electron chi connectivity index (χ3n) is 5.37. The zero-order valence-electron chi connectivity index (χ0n) is 17.7. The summed E-state index contributed by atoms with van der Waals surface area (Å²) in [4.78, 5) is 30.9. The second-order valence-corrected chi connectivity index (χ2v) is 8.31. The zero-order chi connectivity index (χ0) is 21.5. The van der Waals surface area contributed by atoms with Crippen molar-refractivity contribution in [1.82, 2.24) is 4.98 Å². The molecule has 2 aliphatic rings. The zero-order valence-corrected chi connectivity index (χ0v) is 17.7. The Kier molecular flexibility index (Phi) is 7.27. The Hall–Kier alpha value is -2.77. The summed E-state index contributed by atoms with van der Waals surface area (Å²) in [7, 11) is 0. The largest absolute Gasteiger partial charge is 0.371 e. The molecule has 0 unspecified atom stereocenters. The second kappa shape index (κ2) is 10.5. The SMILES string of the molecule is O=C(COCC1CC1)Nc1ccc(N(Cc2ccccn2)C(=O)COCC2CC2)cc1. The maximum absolute atomic E-state index is 12.9. The molecule has 7 nitrogen and oxygen atoms in total. The standard InChI is InChI=1S/C24H29N3O4/c28-23(16-30-14-18-4-5-18)26-20-8-10-22(11-9-20)27(13-21-3-1-2-12-25-21)24(29)17-31-15-19-6-7-19/h1-3,8-12,18-19H,4-7,13-17H2,(H,26,28). The van der Waals surface area contributed by atoms with E-state index in [0.717, 1.165) is 11.4 Å². The van der Waals surface area contributed by atoms with Crippen LogP contribution in [-0.4, -0.2) is 43.2 Å². The van der Waals surface area contributed by atoms with Gasteiger partial charge >= 0.3 is 0 Å². The van der Waals surface area contributed by atoms with Crippen LogP contribution in [0.3, 0.4) is 0 Å². The first-order chi connectivity index (χ1) is 15.2. The molecule has 0 saturated heterocycles. The van der Waals surface area contributed by atoms with E-state index in [9.17, 15) is 9.59 Å². The Morgan fingerprint density at radius 2 is 1.61 bits per heavy atom. The lowest BCUT2D eigenvalue weighted by Gasteiger charge is -2.23. The Balaban J connectivity index is 1.35. The average Bonchev–Trinajstić information content (AvgIpc) is 3.69. The second-order valence-electron chi connectivity index (χ2n) is 8.31. The summed E-state index contributed by atoms with van der Waals surface area (Å²) < 4.78 is 11.0. The summed E-state index contributed by atoms with van der Waals surface area (Å²) in [5, 5.41) is 2.83. The van der Waals surface area contributed by atoms with Crippen molar-refractivity contribution in [1.29, 1.82) is 0 Å². The number of pyridine rings is 1. The van der Waals surface area contributed by atoms with Gasteiger partial charge in [-0.2, -0.15) is 0 Å². The van der Waals surface area contributed by atoms with Crippen LogP contribution in [0.25, 0.3) is 0 Å². The highest BCUT2D eigenvalue weighted by molar-refractivity contribution is 5.95. The van der Waals surface area contributed by atoms with Gasteiger partial charge in [-0.05, 0) is 73.9 Å². The van der Waals surface area contributed by atoms with E-state index in [1.807, 2.05) is 30.3 Å². The summed E-state index contributed by atoms with van der Waals surface area (Å²) >= 11 is 0. The van der Waals surface area contributed by atoms with Crippen molar-refractivity contribution < 1.29 is 19.1 Å². The van der Waals surface area contributed by atoms with Crippen LogP contribution in [-0.2, 0) is 25.6 Å². The van der Waals surface area contributed by atoms with Crippen LogP contribution in [0, 0.1) is 11.8 Å². The van der Waals surface area contributed by atoms with Gasteiger partial charge in [0.1, 0.15) is 13.2 Å². The van der Waals surface area contributed by atoms with Crippen molar-refractivity contribution in [3.05, 3.63) is 54.4 Å². The van der Waals surface area contributed by atoms with Crippen LogP contribution in [0.1, 0.15) is 31.4 Å². The molecule has 31 heavy (non-hydrogen) atoms. The number of anilines is 2. The summed E-state index contributed by atoms with van der Waals surface area (Å²) in [5.74, 6) is 0.941. The number of hydrogen-bond donors (Lipinski definition) is 1. The van der Waals surface area contributed by atoms with Gasteiger partial charge in [0, 0.05) is 17.6 Å². The van der Waals surface area contributed by atoms with Gasteiger partial charge in [-0.25, -0.2) is 0 Å².